The molecule has 0 aliphatic heterocycles. The van der Waals surface area contributed by atoms with Crippen molar-refractivity contribution >= 4 is 18.1 Å². The highest BCUT2D eigenvalue weighted by atomic mass is 28.5. The summed E-state index contributed by atoms with van der Waals surface area (Å²) in [6.45, 7) is 15.5. The molecule has 0 amide bonds. The molecule has 0 saturated carbocycles. The molecule has 0 aromatic rings. The maximum atomic E-state index is 6.52. The van der Waals surface area contributed by atoms with Crippen LogP contribution in [0.25, 0.3) is 0 Å². The van der Waals surface area contributed by atoms with Crippen LogP contribution in [0.1, 0.15) is 99.3 Å². The van der Waals surface area contributed by atoms with Crippen LogP contribution in [-0.2, 0) is 30.7 Å². The van der Waals surface area contributed by atoms with Crippen LogP contribution in [0.4, 0.5) is 0 Å². The van der Waals surface area contributed by atoms with Gasteiger partial charge in [0.15, 0.2) is 0 Å². The molecule has 9 heteroatoms. The monoisotopic (exact) mass is 468 g/mol. The van der Waals surface area contributed by atoms with Crippen LogP contribution in [0.5, 0.6) is 0 Å². The fourth-order valence-corrected chi connectivity index (χ4v) is 7.97. The molecule has 0 radical (unpaired) electrons. The van der Waals surface area contributed by atoms with Crippen LogP contribution in [0.15, 0.2) is 0 Å². The van der Waals surface area contributed by atoms with Gasteiger partial charge in [-0.25, -0.2) is 0 Å². The number of rotatable bonds is 23. The highest BCUT2D eigenvalue weighted by Crippen LogP contribution is 2.24. The largest absolute Gasteiger partial charge is 0.673 e. The molecule has 0 aromatic heterocycles. The lowest BCUT2D eigenvalue weighted by molar-refractivity contribution is -0.0688. The number of hydrogen-bond acceptors (Lipinski definition) is 7. The first kappa shape index (κ1) is 30.2. The highest BCUT2D eigenvalue weighted by Gasteiger charge is 2.59. The summed E-state index contributed by atoms with van der Waals surface area (Å²) in [5.41, 5.74) is 0. The van der Waals surface area contributed by atoms with E-state index in [1.807, 2.05) is 0 Å². The summed E-state index contributed by atoms with van der Waals surface area (Å²) in [4.78, 5) is 0. The number of unbranched alkanes of at least 4 members (excludes halogenated alkanes) is 3. The van der Waals surface area contributed by atoms with Gasteiger partial charge in [0.05, 0.1) is 0 Å². The summed E-state index contributed by atoms with van der Waals surface area (Å²) in [6, 6.07) is 0. The van der Waals surface area contributed by atoms with E-state index >= 15 is 0 Å². The third kappa shape index (κ3) is 13.5. The zero-order chi connectivity index (χ0) is 22.6. The predicted molar refractivity (Wildman–Crippen MR) is 124 cm³/mol. The Labute approximate surface area is 188 Å². The summed E-state index contributed by atoms with van der Waals surface area (Å²) in [5, 5.41) is 0. The molecule has 30 heavy (non-hydrogen) atoms. The van der Waals surface area contributed by atoms with E-state index in [-0.39, 0.29) is 0 Å². The molecule has 0 aliphatic rings. The molecule has 0 bridgehead atoms. The van der Waals surface area contributed by atoms with Gasteiger partial charge in [-0.05, 0) is 38.5 Å². The van der Waals surface area contributed by atoms with Crippen molar-refractivity contribution in [3.8, 4) is 0 Å². The van der Waals surface area contributed by atoms with Crippen molar-refractivity contribution in [2.24, 2.45) is 0 Å². The van der Waals surface area contributed by atoms with Crippen molar-refractivity contribution in [3.05, 3.63) is 0 Å². The van der Waals surface area contributed by atoms with E-state index in [1.54, 1.807) is 0 Å². The van der Waals surface area contributed by atoms with E-state index in [2.05, 4.69) is 41.5 Å². The molecule has 182 valence electrons. The third-order valence-electron chi connectivity index (χ3n) is 4.03. The molecule has 0 spiro atoms. The van der Waals surface area contributed by atoms with Crippen LogP contribution < -0.4 is 0 Å². The molecule has 0 aromatic carbocycles. The molecule has 0 aliphatic carbocycles. The normalized spacial score (nSPS) is 12.6. The van der Waals surface area contributed by atoms with Crippen LogP contribution in [0.3, 0.4) is 0 Å². The fraction of sp³-hybridized carbons (Fsp3) is 1.00. The van der Waals surface area contributed by atoms with Gasteiger partial charge in [-0.2, -0.15) is 0 Å². The first-order valence-electron chi connectivity index (χ1n) is 12.1. The van der Waals surface area contributed by atoms with Crippen molar-refractivity contribution in [3.63, 3.8) is 0 Å². The van der Waals surface area contributed by atoms with Gasteiger partial charge in [0.1, 0.15) is 0 Å². The van der Waals surface area contributed by atoms with Crippen LogP contribution >= 0.6 is 0 Å². The number of hydrogen-bond donors (Lipinski definition) is 0. The first-order chi connectivity index (χ1) is 14.6. The van der Waals surface area contributed by atoms with Crippen molar-refractivity contribution < 1.29 is 30.7 Å². The Bertz CT molecular complexity index is 327. The quantitative estimate of drug-likeness (QED) is 0.143. The SMILES string of the molecule is CCCCO[Si](OCCCC)(OCCCC)O[Si](OCCC)(OCCC)OCCC. The molecule has 0 N–H and O–H groups in total. The van der Waals surface area contributed by atoms with Crippen molar-refractivity contribution in [1.29, 1.82) is 0 Å². The minimum absolute atomic E-state index is 0.489. The molecule has 0 fully saturated rings. The van der Waals surface area contributed by atoms with Gasteiger partial charge in [-0.15, -0.1) is 0 Å². The average Bonchev–Trinajstić information content (AvgIpc) is 2.75. The lowest BCUT2D eigenvalue weighted by Crippen LogP contribution is -2.62. The zero-order valence-electron chi connectivity index (χ0n) is 20.5. The molecule has 7 nitrogen and oxygen atoms in total. The average molecular weight is 469 g/mol. The summed E-state index contributed by atoms with van der Waals surface area (Å²) < 4.78 is 43.6. The van der Waals surface area contributed by atoms with Crippen molar-refractivity contribution in [2.45, 2.75) is 99.3 Å². The molecule has 0 atom stereocenters. The second-order valence-electron chi connectivity index (χ2n) is 7.25. The summed E-state index contributed by atoms with van der Waals surface area (Å²) >= 11 is 0. The summed E-state index contributed by atoms with van der Waals surface area (Å²) in [5.74, 6) is 0. The van der Waals surface area contributed by atoms with Crippen LogP contribution in [0.2, 0.25) is 0 Å². The van der Waals surface area contributed by atoms with Gasteiger partial charge in [0.2, 0.25) is 0 Å². The molecule has 0 unspecified atom stereocenters. The van der Waals surface area contributed by atoms with Crippen molar-refractivity contribution in [2.75, 3.05) is 39.6 Å². The summed E-state index contributed by atoms with van der Waals surface area (Å²) in [7, 11) is -6.99. The third-order valence-corrected chi connectivity index (χ3v) is 9.38. The van der Waals surface area contributed by atoms with Gasteiger partial charge >= 0.3 is 18.1 Å². The lowest BCUT2D eigenvalue weighted by Gasteiger charge is -2.36. The Balaban J connectivity index is 5.77. The van der Waals surface area contributed by atoms with Gasteiger partial charge in [0.25, 0.3) is 0 Å². The van der Waals surface area contributed by atoms with Crippen LogP contribution in [-0.4, -0.2) is 57.7 Å². The lowest BCUT2D eigenvalue weighted by atomic mass is 10.4. The van der Waals surface area contributed by atoms with E-state index in [1.165, 1.54) is 0 Å². The van der Waals surface area contributed by atoms with E-state index in [9.17, 15) is 0 Å². The fourth-order valence-electron chi connectivity index (χ4n) is 2.29. The Kier molecular flexibility index (Phi) is 19.9. The van der Waals surface area contributed by atoms with E-state index < -0.39 is 18.1 Å². The predicted octanol–water partition coefficient (Wildman–Crippen LogP) is 5.60. The van der Waals surface area contributed by atoms with Gasteiger partial charge < -0.3 is 30.7 Å². The smallest absolute Gasteiger partial charge is 0.352 e. The molecule has 0 saturated heterocycles. The van der Waals surface area contributed by atoms with Gasteiger partial charge in [-0.1, -0.05) is 60.8 Å². The first-order valence-corrected chi connectivity index (χ1v) is 15.4. The maximum Gasteiger partial charge on any atom is 0.673 e. The second kappa shape index (κ2) is 19.8. The summed E-state index contributed by atoms with van der Waals surface area (Å²) in [6.07, 6.45) is 8.27. The zero-order valence-corrected chi connectivity index (χ0v) is 22.5. The van der Waals surface area contributed by atoms with Crippen molar-refractivity contribution in [1.82, 2.24) is 0 Å². The molecular formula is C21H48O7Si2. The molecular weight excluding hydrogens is 420 g/mol. The topological polar surface area (TPSA) is 64.6 Å². The highest BCUT2D eigenvalue weighted by molar-refractivity contribution is 6.68. The minimum Gasteiger partial charge on any atom is -0.352 e. The van der Waals surface area contributed by atoms with Crippen LogP contribution in [0, 0.1) is 0 Å². The Morgan fingerprint density at radius 1 is 0.367 bits per heavy atom. The minimum atomic E-state index is -3.51. The Morgan fingerprint density at radius 2 is 0.633 bits per heavy atom. The standard InChI is InChI=1S/C21H48O7Si2/c1-7-13-19-25-30(26-20-14-8-2,27-21-15-9-3)28-29(22-16-10-4,23-17-11-5)24-18-12-6/h7-21H2,1-6H3. The van der Waals surface area contributed by atoms with Gasteiger partial charge in [0, 0.05) is 39.6 Å². The van der Waals surface area contributed by atoms with E-state index in [0.717, 1.165) is 57.8 Å². The van der Waals surface area contributed by atoms with Gasteiger partial charge in [-0.3, -0.25) is 0 Å². The second-order valence-corrected chi connectivity index (χ2v) is 11.8. The molecule has 0 heterocycles. The molecule has 0 rings (SSSR count). The Morgan fingerprint density at radius 3 is 0.867 bits per heavy atom. The maximum absolute atomic E-state index is 6.52. The van der Waals surface area contributed by atoms with E-state index in [4.69, 9.17) is 30.7 Å². The van der Waals surface area contributed by atoms with E-state index in [0.29, 0.717) is 39.6 Å². The Hall–Kier alpha value is 0.154.